The predicted octanol–water partition coefficient (Wildman–Crippen LogP) is 1.60. The number of hydrogen-bond acceptors (Lipinski definition) is 3. The predicted molar refractivity (Wildman–Crippen MR) is 94.1 cm³/mol. The van der Waals surface area contributed by atoms with Crippen LogP contribution in [0.1, 0.15) is 34.5 Å². The molecule has 3 rings (SSSR count). The Balaban J connectivity index is 1.68. The van der Waals surface area contributed by atoms with Gasteiger partial charge in [-0.05, 0) is 25.3 Å². The molecule has 2 N–H and O–H groups in total. The van der Waals surface area contributed by atoms with Crippen molar-refractivity contribution in [1.82, 2.24) is 15.2 Å². The molecule has 1 aromatic heterocycles. The van der Waals surface area contributed by atoms with Crippen molar-refractivity contribution < 1.29 is 9.59 Å². The molecule has 0 radical (unpaired) electrons. The quantitative estimate of drug-likeness (QED) is 0.888. The molecule has 1 aliphatic heterocycles. The van der Waals surface area contributed by atoms with Crippen LogP contribution >= 0.6 is 0 Å². The molecule has 130 valence electrons. The first-order chi connectivity index (χ1) is 12.0. The lowest BCUT2D eigenvalue weighted by molar-refractivity contribution is -0.136. The Bertz CT molecular complexity index is 829. The zero-order valence-electron chi connectivity index (χ0n) is 14.1. The molecule has 0 saturated carbocycles. The van der Waals surface area contributed by atoms with Crippen LogP contribution in [0.5, 0.6) is 0 Å². The summed E-state index contributed by atoms with van der Waals surface area (Å²) in [7, 11) is 0. The number of carbonyl (C=O) groups excluding carboxylic acids is 2. The zero-order chi connectivity index (χ0) is 17.8. The second-order valence-electron chi connectivity index (χ2n) is 6.31. The first kappa shape index (κ1) is 17.0. The van der Waals surface area contributed by atoms with Gasteiger partial charge < -0.3 is 15.2 Å². The molecule has 0 unspecified atom stereocenters. The Morgan fingerprint density at radius 1 is 1.28 bits per heavy atom. The van der Waals surface area contributed by atoms with Crippen molar-refractivity contribution in [3.05, 3.63) is 69.6 Å². The molecule has 1 saturated heterocycles. The third-order valence-electron chi connectivity index (χ3n) is 4.35. The van der Waals surface area contributed by atoms with Gasteiger partial charge in [-0.25, -0.2) is 0 Å². The summed E-state index contributed by atoms with van der Waals surface area (Å²) in [4.78, 5) is 41.6. The summed E-state index contributed by atoms with van der Waals surface area (Å²) < 4.78 is 0. The van der Waals surface area contributed by atoms with Crippen molar-refractivity contribution in [3.63, 3.8) is 0 Å². The van der Waals surface area contributed by atoms with Gasteiger partial charge in [-0.2, -0.15) is 0 Å². The van der Waals surface area contributed by atoms with Gasteiger partial charge in [-0.3, -0.25) is 14.4 Å². The summed E-state index contributed by atoms with van der Waals surface area (Å²) in [6, 6.07) is 10.5. The number of rotatable bonds is 4. The third-order valence-corrected chi connectivity index (χ3v) is 4.35. The molecule has 2 heterocycles. The minimum atomic E-state index is -0.592. The minimum absolute atomic E-state index is 0.0265. The summed E-state index contributed by atoms with van der Waals surface area (Å²) in [6.07, 6.45) is 2.79. The Morgan fingerprint density at radius 3 is 2.76 bits per heavy atom. The molecular formula is C19H21N3O3. The van der Waals surface area contributed by atoms with E-state index in [2.05, 4.69) is 10.3 Å². The number of H-pyrrole nitrogens is 1. The van der Waals surface area contributed by atoms with Gasteiger partial charge >= 0.3 is 0 Å². The van der Waals surface area contributed by atoms with Gasteiger partial charge in [0.2, 0.25) is 5.91 Å². The number of aromatic amines is 1. The molecule has 25 heavy (non-hydrogen) atoms. The summed E-state index contributed by atoms with van der Waals surface area (Å²) in [5.74, 6) is -0.617. The van der Waals surface area contributed by atoms with E-state index in [1.807, 2.05) is 30.3 Å². The molecule has 1 fully saturated rings. The summed E-state index contributed by atoms with van der Waals surface area (Å²) in [5, 5.41) is 2.71. The lowest BCUT2D eigenvalue weighted by atomic mass is 10.0. The van der Waals surface area contributed by atoms with E-state index in [9.17, 15) is 14.4 Å². The maximum atomic E-state index is 12.7. The highest BCUT2D eigenvalue weighted by Crippen LogP contribution is 2.15. The monoisotopic (exact) mass is 339 g/mol. The Hall–Kier alpha value is -2.89. The average Bonchev–Trinajstić information content (AvgIpc) is 2.59. The van der Waals surface area contributed by atoms with Crippen LogP contribution in [0.3, 0.4) is 0 Å². The van der Waals surface area contributed by atoms with E-state index in [1.165, 1.54) is 12.3 Å². The fraction of sp³-hybridized carbons (Fsp3) is 0.316. The highest BCUT2D eigenvalue weighted by atomic mass is 16.2. The van der Waals surface area contributed by atoms with Crippen molar-refractivity contribution in [2.45, 2.75) is 32.4 Å². The second kappa shape index (κ2) is 7.34. The number of aromatic nitrogens is 1. The standard InChI is InChI=1S/C19H21N3O3/c1-13-10-17(23)15(11-20-13)18(24)21-16-8-5-9-22(19(16)25)12-14-6-3-2-4-7-14/h2-4,6-7,10-11,16H,5,8-9,12H2,1H3,(H,20,23)(H,21,24)/t16-/m1/s1. The fourth-order valence-electron chi connectivity index (χ4n) is 3.02. The molecule has 0 spiro atoms. The molecule has 0 bridgehead atoms. The lowest BCUT2D eigenvalue weighted by Crippen LogP contribution is -2.52. The van der Waals surface area contributed by atoms with Gasteiger partial charge in [0.25, 0.3) is 5.91 Å². The number of pyridine rings is 1. The molecule has 6 heteroatoms. The number of nitrogens with zero attached hydrogens (tertiary/aromatic N) is 1. The van der Waals surface area contributed by atoms with Crippen molar-refractivity contribution in [1.29, 1.82) is 0 Å². The van der Waals surface area contributed by atoms with Crippen LogP contribution in [0.15, 0.2) is 47.4 Å². The van der Waals surface area contributed by atoms with Crippen LogP contribution in [0.4, 0.5) is 0 Å². The molecule has 1 aliphatic rings. The highest BCUT2D eigenvalue weighted by molar-refractivity contribution is 5.97. The van der Waals surface area contributed by atoms with Crippen LogP contribution in [-0.4, -0.2) is 34.3 Å². The van der Waals surface area contributed by atoms with Gasteiger partial charge in [0, 0.05) is 31.0 Å². The Morgan fingerprint density at radius 2 is 2.04 bits per heavy atom. The maximum absolute atomic E-state index is 12.7. The summed E-state index contributed by atoms with van der Waals surface area (Å²) in [5.41, 5.74) is 1.42. The van der Waals surface area contributed by atoms with Crippen molar-refractivity contribution in [2.75, 3.05) is 6.54 Å². The largest absolute Gasteiger partial charge is 0.364 e. The SMILES string of the molecule is Cc1cc(=O)c(C(=O)N[C@@H]2CCCN(Cc3ccccc3)C2=O)c[nH]1. The van der Waals surface area contributed by atoms with Crippen LogP contribution in [0.25, 0.3) is 0 Å². The molecule has 0 aliphatic carbocycles. The smallest absolute Gasteiger partial charge is 0.257 e. The van der Waals surface area contributed by atoms with Gasteiger partial charge in [0.15, 0.2) is 5.43 Å². The topological polar surface area (TPSA) is 82.3 Å². The maximum Gasteiger partial charge on any atom is 0.257 e. The number of aryl methyl sites for hydroxylation is 1. The second-order valence-corrected chi connectivity index (χ2v) is 6.31. The first-order valence-electron chi connectivity index (χ1n) is 8.37. The van der Waals surface area contributed by atoms with Crippen molar-refractivity contribution >= 4 is 11.8 Å². The first-order valence-corrected chi connectivity index (χ1v) is 8.37. The van der Waals surface area contributed by atoms with Crippen molar-refractivity contribution in [3.8, 4) is 0 Å². The van der Waals surface area contributed by atoms with E-state index >= 15 is 0 Å². The van der Waals surface area contributed by atoms with Gasteiger partial charge in [0.1, 0.15) is 11.6 Å². The molecule has 2 amide bonds. The number of likely N-dealkylation sites (tertiary alicyclic amines) is 1. The van der Waals surface area contributed by atoms with Crippen LogP contribution in [-0.2, 0) is 11.3 Å². The van der Waals surface area contributed by atoms with E-state index in [4.69, 9.17) is 0 Å². The average molecular weight is 339 g/mol. The molecular weight excluding hydrogens is 318 g/mol. The van der Waals surface area contributed by atoms with Gasteiger partial charge in [-0.1, -0.05) is 30.3 Å². The Labute approximate surface area is 145 Å². The van der Waals surface area contributed by atoms with E-state index in [0.717, 1.165) is 12.0 Å². The minimum Gasteiger partial charge on any atom is -0.364 e. The number of hydrogen-bond donors (Lipinski definition) is 2. The normalized spacial score (nSPS) is 17.4. The highest BCUT2D eigenvalue weighted by Gasteiger charge is 2.30. The summed E-state index contributed by atoms with van der Waals surface area (Å²) in [6.45, 7) is 2.94. The number of piperidine rings is 1. The fourth-order valence-corrected chi connectivity index (χ4v) is 3.02. The van der Waals surface area contributed by atoms with Crippen molar-refractivity contribution in [2.24, 2.45) is 0 Å². The third kappa shape index (κ3) is 3.96. The Kier molecular flexibility index (Phi) is 4.97. The van der Waals surface area contributed by atoms with E-state index < -0.39 is 11.9 Å². The van der Waals surface area contributed by atoms with Gasteiger partial charge in [0.05, 0.1) is 0 Å². The lowest BCUT2D eigenvalue weighted by Gasteiger charge is -2.32. The van der Waals surface area contributed by atoms with Crippen LogP contribution < -0.4 is 10.7 Å². The van der Waals surface area contributed by atoms with Crippen LogP contribution in [0, 0.1) is 6.92 Å². The molecule has 6 nitrogen and oxygen atoms in total. The van der Waals surface area contributed by atoms with Crippen LogP contribution in [0.2, 0.25) is 0 Å². The van der Waals surface area contributed by atoms with E-state index in [1.54, 1.807) is 11.8 Å². The number of carbonyl (C=O) groups is 2. The number of benzene rings is 1. The number of nitrogens with one attached hydrogen (secondary N) is 2. The molecule has 1 atom stereocenters. The van der Waals surface area contributed by atoms with E-state index in [-0.39, 0.29) is 16.9 Å². The number of amides is 2. The summed E-state index contributed by atoms with van der Waals surface area (Å²) >= 11 is 0. The zero-order valence-corrected chi connectivity index (χ0v) is 14.1. The van der Waals surface area contributed by atoms with E-state index in [0.29, 0.717) is 25.2 Å². The molecule has 1 aromatic carbocycles. The van der Waals surface area contributed by atoms with Gasteiger partial charge in [-0.15, -0.1) is 0 Å². The molecule has 2 aromatic rings.